The summed E-state index contributed by atoms with van der Waals surface area (Å²) in [6.07, 6.45) is 3.20. The Morgan fingerprint density at radius 2 is 1.82 bits per heavy atom. The lowest BCUT2D eigenvalue weighted by Gasteiger charge is -2.04. The summed E-state index contributed by atoms with van der Waals surface area (Å²) in [4.78, 5) is 0. The van der Waals surface area contributed by atoms with Gasteiger partial charge in [0.1, 0.15) is 5.76 Å². The molecule has 0 atom stereocenters. The number of ether oxygens (including phenoxy) is 1. The van der Waals surface area contributed by atoms with E-state index in [0.717, 1.165) is 11.1 Å². The Bertz CT molecular complexity index is 209. The molecule has 0 aromatic heterocycles. The van der Waals surface area contributed by atoms with Gasteiger partial charge in [-0.2, -0.15) is 0 Å². The summed E-state index contributed by atoms with van der Waals surface area (Å²) in [6, 6.07) is 0. The molecule has 0 bridgehead atoms. The normalized spacial score (nSPS) is 10.5. The maximum Gasteiger partial charge on any atom is 0.129 e. The Kier molecular flexibility index (Phi) is 4.04. The number of hydrogen-bond acceptors (Lipinski definition) is 1. The fourth-order valence-electron chi connectivity index (χ4n) is 0.571. The first kappa shape index (κ1) is 9.76. The average molecular weight is 150 g/mol. The Hall–Kier alpha value is -1.24. The molecular weight excluding hydrogens is 136 g/mol. The minimum atomic E-state index is 0.715. The standard InChI is InChI=1S/C10H14O/c1-6-11-10(9(4)5)7-8(2)3/h6-7H,1-2,4H2,3,5H3/b10-7+. The van der Waals surface area contributed by atoms with Gasteiger partial charge in [-0.05, 0) is 25.5 Å². The van der Waals surface area contributed by atoms with Crippen molar-refractivity contribution in [2.75, 3.05) is 0 Å². The van der Waals surface area contributed by atoms with Crippen LogP contribution in [0.5, 0.6) is 0 Å². The molecule has 0 unspecified atom stereocenters. The quantitative estimate of drug-likeness (QED) is 0.441. The van der Waals surface area contributed by atoms with Crippen LogP contribution in [0.4, 0.5) is 0 Å². The number of rotatable bonds is 4. The van der Waals surface area contributed by atoms with Crippen LogP contribution in [0.1, 0.15) is 13.8 Å². The fourth-order valence-corrected chi connectivity index (χ4v) is 0.571. The molecule has 60 valence electrons. The molecule has 0 heterocycles. The molecule has 0 aromatic rings. The zero-order valence-electron chi connectivity index (χ0n) is 7.18. The summed E-state index contributed by atoms with van der Waals surface area (Å²) in [5.74, 6) is 0.715. The van der Waals surface area contributed by atoms with Crippen molar-refractivity contribution in [3.05, 3.63) is 49.0 Å². The molecule has 1 heteroatoms. The van der Waals surface area contributed by atoms with Crippen molar-refractivity contribution in [2.45, 2.75) is 13.8 Å². The summed E-state index contributed by atoms with van der Waals surface area (Å²) < 4.78 is 5.08. The van der Waals surface area contributed by atoms with Gasteiger partial charge in [0.25, 0.3) is 0 Å². The van der Waals surface area contributed by atoms with Gasteiger partial charge < -0.3 is 4.74 Å². The van der Waals surface area contributed by atoms with Crippen LogP contribution in [-0.2, 0) is 4.74 Å². The summed E-state index contributed by atoms with van der Waals surface area (Å²) in [5.41, 5.74) is 1.80. The van der Waals surface area contributed by atoms with E-state index in [-0.39, 0.29) is 0 Å². The summed E-state index contributed by atoms with van der Waals surface area (Å²) in [6.45, 7) is 14.7. The zero-order chi connectivity index (χ0) is 8.85. The predicted octanol–water partition coefficient (Wildman–Crippen LogP) is 3.18. The molecule has 0 spiro atoms. The predicted molar refractivity (Wildman–Crippen MR) is 49.0 cm³/mol. The Morgan fingerprint density at radius 1 is 1.27 bits per heavy atom. The van der Waals surface area contributed by atoms with E-state index in [1.165, 1.54) is 6.26 Å². The molecule has 0 amide bonds. The van der Waals surface area contributed by atoms with Crippen LogP contribution in [-0.4, -0.2) is 0 Å². The molecule has 0 radical (unpaired) electrons. The van der Waals surface area contributed by atoms with Crippen molar-refractivity contribution in [1.29, 1.82) is 0 Å². The molecule has 11 heavy (non-hydrogen) atoms. The van der Waals surface area contributed by atoms with E-state index in [1.54, 1.807) is 0 Å². The van der Waals surface area contributed by atoms with Gasteiger partial charge in [0, 0.05) is 0 Å². The number of hydrogen-bond donors (Lipinski definition) is 0. The Balaban J connectivity index is 4.44. The molecule has 0 saturated carbocycles. The van der Waals surface area contributed by atoms with Gasteiger partial charge in [-0.15, -0.1) is 0 Å². The van der Waals surface area contributed by atoms with E-state index in [2.05, 4.69) is 19.7 Å². The van der Waals surface area contributed by atoms with Crippen LogP contribution in [0.15, 0.2) is 49.0 Å². The highest BCUT2D eigenvalue weighted by Crippen LogP contribution is 2.10. The first-order valence-corrected chi connectivity index (χ1v) is 3.38. The zero-order valence-corrected chi connectivity index (χ0v) is 7.18. The van der Waals surface area contributed by atoms with Crippen LogP contribution < -0.4 is 0 Å². The first-order chi connectivity index (χ1) is 5.07. The highest BCUT2D eigenvalue weighted by atomic mass is 16.5. The third-order valence-electron chi connectivity index (χ3n) is 1.01. The average Bonchev–Trinajstić information content (AvgIpc) is 1.86. The molecule has 0 N–H and O–H groups in total. The van der Waals surface area contributed by atoms with Gasteiger partial charge in [0.15, 0.2) is 0 Å². The Morgan fingerprint density at radius 3 is 2.09 bits per heavy atom. The Labute approximate surface area is 68.4 Å². The van der Waals surface area contributed by atoms with Gasteiger partial charge in [-0.25, -0.2) is 0 Å². The lowest BCUT2D eigenvalue weighted by molar-refractivity contribution is 0.363. The van der Waals surface area contributed by atoms with Crippen LogP contribution in [0, 0.1) is 0 Å². The van der Waals surface area contributed by atoms with Crippen LogP contribution >= 0.6 is 0 Å². The van der Waals surface area contributed by atoms with Gasteiger partial charge in [-0.1, -0.05) is 25.3 Å². The maximum absolute atomic E-state index is 5.08. The van der Waals surface area contributed by atoms with Crippen LogP contribution in [0.25, 0.3) is 0 Å². The lowest BCUT2D eigenvalue weighted by Crippen LogP contribution is -1.86. The highest BCUT2D eigenvalue weighted by Gasteiger charge is 1.95. The van der Waals surface area contributed by atoms with E-state index in [1.807, 2.05) is 19.9 Å². The smallest absolute Gasteiger partial charge is 0.129 e. The maximum atomic E-state index is 5.08. The van der Waals surface area contributed by atoms with E-state index in [9.17, 15) is 0 Å². The lowest BCUT2D eigenvalue weighted by atomic mass is 10.2. The van der Waals surface area contributed by atoms with Crippen LogP contribution in [0.2, 0.25) is 0 Å². The third kappa shape index (κ3) is 4.20. The second-order valence-electron chi connectivity index (χ2n) is 2.42. The molecule has 0 rings (SSSR count). The monoisotopic (exact) mass is 150 g/mol. The van der Waals surface area contributed by atoms with E-state index >= 15 is 0 Å². The SMILES string of the molecule is C=CO/C(=C/C(=C)C)C(=C)C. The molecular formula is C10H14O. The van der Waals surface area contributed by atoms with Crippen molar-refractivity contribution in [1.82, 2.24) is 0 Å². The summed E-state index contributed by atoms with van der Waals surface area (Å²) >= 11 is 0. The van der Waals surface area contributed by atoms with Gasteiger partial charge in [-0.3, -0.25) is 0 Å². The topological polar surface area (TPSA) is 9.23 Å². The fraction of sp³-hybridized carbons (Fsp3) is 0.200. The summed E-state index contributed by atoms with van der Waals surface area (Å²) in [5, 5.41) is 0. The van der Waals surface area contributed by atoms with Crippen molar-refractivity contribution in [3.63, 3.8) is 0 Å². The molecule has 0 aromatic carbocycles. The van der Waals surface area contributed by atoms with Crippen molar-refractivity contribution in [2.24, 2.45) is 0 Å². The second-order valence-corrected chi connectivity index (χ2v) is 2.42. The second kappa shape index (κ2) is 4.56. The van der Waals surface area contributed by atoms with Crippen molar-refractivity contribution >= 4 is 0 Å². The van der Waals surface area contributed by atoms with E-state index in [4.69, 9.17) is 4.74 Å². The van der Waals surface area contributed by atoms with Crippen molar-refractivity contribution < 1.29 is 4.74 Å². The molecule has 0 aliphatic heterocycles. The molecule has 0 saturated heterocycles. The summed E-state index contributed by atoms with van der Waals surface area (Å²) in [7, 11) is 0. The van der Waals surface area contributed by atoms with Crippen molar-refractivity contribution in [3.8, 4) is 0 Å². The molecule has 1 nitrogen and oxygen atoms in total. The van der Waals surface area contributed by atoms with Gasteiger partial charge in [0.05, 0.1) is 6.26 Å². The van der Waals surface area contributed by atoms with E-state index < -0.39 is 0 Å². The third-order valence-corrected chi connectivity index (χ3v) is 1.01. The minimum Gasteiger partial charge on any atom is -0.465 e. The molecule has 0 aliphatic carbocycles. The molecule has 0 aliphatic rings. The minimum absolute atomic E-state index is 0.715. The first-order valence-electron chi connectivity index (χ1n) is 3.38. The highest BCUT2D eigenvalue weighted by molar-refractivity contribution is 5.28. The van der Waals surface area contributed by atoms with Crippen LogP contribution in [0.3, 0.4) is 0 Å². The van der Waals surface area contributed by atoms with E-state index in [0.29, 0.717) is 5.76 Å². The largest absolute Gasteiger partial charge is 0.465 e. The number of allylic oxidation sites excluding steroid dienone is 3. The molecule has 0 fully saturated rings. The van der Waals surface area contributed by atoms with Gasteiger partial charge >= 0.3 is 0 Å². The van der Waals surface area contributed by atoms with Gasteiger partial charge in [0.2, 0.25) is 0 Å².